The number of carbonyl (C=O) groups is 1. The lowest BCUT2D eigenvalue weighted by Crippen LogP contribution is -2.29. The summed E-state index contributed by atoms with van der Waals surface area (Å²) in [6.07, 6.45) is 2.12. The number of ketones is 1. The standard InChI is InChI=1S/C11H18O5S/c12-11(9-3-5-15-6-9)8-17(13,14)7-10-2-1-4-16-10/h9-10H,1-8H2. The zero-order chi connectivity index (χ0) is 12.3. The fourth-order valence-electron chi connectivity index (χ4n) is 2.24. The molecular weight excluding hydrogens is 244 g/mol. The average Bonchev–Trinajstić information content (AvgIpc) is 2.85. The van der Waals surface area contributed by atoms with Gasteiger partial charge < -0.3 is 9.47 Å². The first-order chi connectivity index (χ1) is 8.07. The van der Waals surface area contributed by atoms with E-state index in [1.165, 1.54) is 0 Å². The second kappa shape index (κ2) is 5.46. The van der Waals surface area contributed by atoms with Gasteiger partial charge in [-0.25, -0.2) is 8.42 Å². The minimum Gasteiger partial charge on any atom is -0.381 e. The van der Waals surface area contributed by atoms with E-state index in [4.69, 9.17) is 9.47 Å². The van der Waals surface area contributed by atoms with Crippen molar-refractivity contribution in [1.82, 2.24) is 0 Å². The maximum Gasteiger partial charge on any atom is 0.159 e. The summed E-state index contributed by atoms with van der Waals surface area (Å²) in [4.78, 5) is 11.7. The molecule has 0 radical (unpaired) electrons. The number of Topliss-reactive ketones (excluding diaryl/α,β-unsaturated/α-hetero) is 1. The molecule has 2 saturated heterocycles. The highest BCUT2D eigenvalue weighted by molar-refractivity contribution is 7.92. The highest BCUT2D eigenvalue weighted by Gasteiger charge is 2.30. The predicted octanol–water partition coefficient (Wildman–Crippen LogP) is 0.186. The minimum absolute atomic E-state index is 0.0215. The fourth-order valence-corrected chi connectivity index (χ4v) is 3.86. The lowest BCUT2D eigenvalue weighted by atomic mass is 10.1. The number of sulfone groups is 1. The van der Waals surface area contributed by atoms with Gasteiger partial charge in [-0.3, -0.25) is 4.79 Å². The molecule has 2 aliphatic heterocycles. The minimum atomic E-state index is -3.33. The van der Waals surface area contributed by atoms with Crippen LogP contribution in [0, 0.1) is 5.92 Å². The number of carbonyl (C=O) groups excluding carboxylic acids is 1. The molecule has 2 atom stereocenters. The van der Waals surface area contributed by atoms with Crippen molar-refractivity contribution >= 4 is 15.6 Å². The van der Waals surface area contributed by atoms with Crippen LogP contribution in [0.5, 0.6) is 0 Å². The van der Waals surface area contributed by atoms with Crippen LogP contribution in [-0.2, 0) is 24.1 Å². The maximum atomic E-state index is 11.8. The largest absolute Gasteiger partial charge is 0.381 e. The third kappa shape index (κ3) is 3.76. The molecule has 0 bridgehead atoms. The molecule has 0 aliphatic carbocycles. The Labute approximate surface area is 101 Å². The first-order valence-electron chi connectivity index (χ1n) is 5.99. The molecule has 0 saturated carbocycles. The molecular formula is C11H18O5S. The molecule has 2 aliphatic rings. The molecule has 5 nitrogen and oxygen atoms in total. The first-order valence-corrected chi connectivity index (χ1v) is 7.81. The molecule has 0 aromatic carbocycles. The summed E-state index contributed by atoms with van der Waals surface area (Å²) in [6, 6.07) is 0. The summed E-state index contributed by atoms with van der Waals surface area (Å²) < 4.78 is 34.0. The van der Waals surface area contributed by atoms with E-state index in [9.17, 15) is 13.2 Å². The van der Waals surface area contributed by atoms with E-state index in [0.717, 1.165) is 12.8 Å². The van der Waals surface area contributed by atoms with Crippen LogP contribution < -0.4 is 0 Å². The first kappa shape index (κ1) is 13.0. The van der Waals surface area contributed by atoms with E-state index in [1.54, 1.807) is 0 Å². The number of rotatable bonds is 5. The smallest absolute Gasteiger partial charge is 0.159 e. The van der Waals surface area contributed by atoms with Gasteiger partial charge in [0.1, 0.15) is 5.75 Å². The average molecular weight is 262 g/mol. The van der Waals surface area contributed by atoms with Gasteiger partial charge in [0.2, 0.25) is 0 Å². The predicted molar refractivity (Wildman–Crippen MR) is 61.6 cm³/mol. The lowest BCUT2D eigenvalue weighted by Gasteiger charge is -2.11. The third-order valence-corrected chi connectivity index (χ3v) is 4.82. The van der Waals surface area contributed by atoms with Gasteiger partial charge >= 0.3 is 0 Å². The lowest BCUT2D eigenvalue weighted by molar-refractivity contribution is -0.120. The molecule has 0 aromatic heterocycles. The van der Waals surface area contributed by atoms with Gasteiger partial charge in [0, 0.05) is 19.1 Å². The van der Waals surface area contributed by atoms with Crippen LogP contribution in [0.4, 0.5) is 0 Å². The summed E-state index contributed by atoms with van der Waals surface area (Å²) >= 11 is 0. The van der Waals surface area contributed by atoms with Crippen molar-refractivity contribution < 1.29 is 22.7 Å². The van der Waals surface area contributed by atoms with E-state index in [0.29, 0.717) is 26.2 Å². The molecule has 2 fully saturated rings. The maximum absolute atomic E-state index is 11.8. The van der Waals surface area contributed by atoms with E-state index >= 15 is 0 Å². The summed E-state index contributed by atoms with van der Waals surface area (Å²) in [5, 5.41) is 0. The normalized spacial score (nSPS) is 29.6. The molecule has 0 N–H and O–H groups in total. The van der Waals surface area contributed by atoms with Gasteiger partial charge in [0.25, 0.3) is 0 Å². The van der Waals surface area contributed by atoms with E-state index in [2.05, 4.69) is 0 Å². The monoisotopic (exact) mass is 262 g/mol. The summed E-state index contributed by atoms with van der Waals surface area (Å²) in [6.45, 7) is 1.56. The second-order valence-corrected chi connectivity index (χ2v) is 6.83. The molecule has 2 unspecified atom stereocenters. The molecule has 6 heteroatoms. The van der Waals surface area contributed by atoms with Crippen molar-refractivity contribution in [2.45, 2.75) is 25.4 Å². The van der Waals surface area contributed by atoms with Crippen molar-refractivity contribution in [3.05, 3.63) is 0 Å². The summed E-state index contributed by atoms with van der Waals surface area (Å²) in [7, 11) is -3.33. The van der Waals surface area contributed by atoms with Crippen LogP contribution in [0.15, 0.2) is 0 Å². The molecule has 2 rings (SSSR count). The Bertz CT molecular complexity index is 363. The summed E-state index contributed by atoms with van der Waals surface area (Å²) in [5.41, 5.74) is 0. The Morgan fingerprint density at radius 2 is 2.06 bits per heavy atom. The van der Waals surface area contributed by atoms with Gasteiger partial charge in [-0.2, -0.15) is 0 Å². The van der Waals surface area contributed by atoms with Crippen LogP contribution in [0.25, 0.3) is 0 Å². The van der Waals surface area contributed by atoms with E-state index in [1.807, 2.05) is 0 Å². The number of hydrogen-bond donors (Lipinski definition) is 0. The van der Waals surface area contributed by atoms with Gasteiger partial charge in [-0.1, -0.05) is 0 Å². The zero-order valence-corrected chi connectivity index (χ0v) is 10.6. The van der Waals surface area contributed by atoms with Gasteiger partial charge in [-0.05, 0) is 19.3 Å². The molecule has 0 amide bonds. The second-order valence-electron chi connectivity index (χ2n) is 4.72. The van der Waals surface area contributed by atoms with Crippen molar-refractivity contribution in [1.29, 1.82) is 0 Å². The molecule has 0 aromatic rings. The highest BCUT2D eigenvalue weighted by atomic mass is 32.2. The van der Waals surface area contributed by atoms with Crippen LogP contribution in [-0.4, -0.2) is 51.6 Å². The quantitative estimate of drug-likeness (QED) is 0.707. The Morgan fingerprint density at radius 1 is 1.24 bits per heavy atom. The highest BCUT2D eigenvalue weighted by Crippen LogP contribution is 2.17. The Hall–Kier alpha value is -0.460. The van der Waals surface area contributed by atoms with Crippen LogP contribution in [0.2, 0.25) is 0 Å². The van der Waals surface area contributed by atoms with Crippen molar-refractivity contribution in [2.75, 3.05) is 31.3 Å². The van der Waals surface area contributed by atoms with Gasteiger partial charge in [0.05, 0.1) is 18.5 Å². The van der Waals surface area contributed by atoms with Crippen LogP contribution in [0.1, 0.15) is 19.3 Å². The molecule has 2 heterocycles. The van der Waals surface area contributed by atoms with Crippen LogP contribution >= 0.6 is 0 Å². The van der Waals surface area contributed by atoms with Crippen molar-refractivity contribution in [3.8, 4) is 0 Å². The topological polar surface area (TPSA) is 69.7 Å². The molecule has 98 valence electrons. The van der Waals surface area contributed by atoms with E-state index < -0.39 is 9.84 Å². The van der Waals surface area contributed by atoms with Gasteiger partial charge in [-0.15, -0.1) is 0 Å². The zero-order valence-electron chi connectivity index (χ0n) is 9.76. The Kier molecular flexibility index (Phi) is 4.17. The van der Waals surface area contributed by atoms with Crippen molar-refractivity contribution in [2.24, 2.45) is 5.92 Å². The Balaban J connectivity index is 1.85. The third-order valence-electron chi connectivity index (χ3n) is 3.21. The van der Waals surface area contributed by atoms with Crippen molar-refractivity contribution in [3.63, 3.8) is 0 Å². The fraction of sp³-hybridized carbons (Fsp3) is 0.909. The Morgan fingerprint density at radius 3 is 2.65 bits per heavy atom. The van der Waals surface area contributed by atoms with E-state index in [-0.39, 0.29) is 29.3 Å². The summed E-state index contributed by atoms with van der Waals surface area (Å²) in [5.74, 6) is -0.817. The van der Waals surface area contributed by atoms with Crippen LogP contribution in [0.3, 0.4) is 0 Å². The molecule has 0 spiro atoms. The number of hydrogen-bond acceptors (Lipinski definition) is 5. The van der Waals surface area contributed by atoms with Gasteiger partial charge in [0.15, 0.2) is 15.6 Å². The number of ether oxygens (including phenoxy) is 2. The SMILES string of the molecule is O=C(CS(=O)(=O)CC1CCCO1)C1CCOC1. The molecule has 17 heavy (non-hydrogen) atoms.